The second-order valence-corrected chi connectivity index (χ2v) is 5.11. The molecule has 4 heteroatoms. The number of benzene rings is 2. The highest BCUT2D eigenvalue weighted by Crippen LogP contribution is 2.29. The first-order valence-corrected chi connectivity index (χ1v) is 6.31. The van der Waals surface area contributed by atoms with Crippen LogP contribution in [0.25, 0.3) is 0 Å². The van der Waals surface area contributed by atoms with Gasteiger partial charge in [0.2, 0.25) is 0 Å². The van der Waals surface area contributed by atoms with Gasteiger partial charge in [-0.05, 0) is 58.7 Å². The van der Waals surface area contributed by atoms with Crippen LogP contribution in [0, 0.1) is 6.92 Å². The lowest BCUT2D eigenvalue weighted by atomic mass is 10.2. The molecule has 2 nitrogen and oxygen atoms in total. The fraction of sp³-hybridized carbons (Fsp3) is 0.0769. The zero-order valence-electron chi connectivity index (χ0n) is 9.30. The molecule has 0 unspecified atom stereocenters. The summed E-state index contributed by atoms with van der Waals surface area (Å²) in [7, 11) is 0. The lowest BCUT2D eigenvalue weighted by Crippen LogP contribution is -1.96. The van der Waals surface area contributed by atoms with Crippen molar-refractivity contribution in [2.45, 2.75) is 6.92 Å². The minimum atomic E-state index is 0.667. The van der Waals surface area contributed by atoms with E-state index in [4.69, 9.17) is 17.3 Å². The van der Waals surface area contributed by atoms with Crippen LogP contribution in [0.2, 0.25) is 5.02 Å². The van der Waals surface area contributed by atoms with Crippen LogP contribution >= 0.6 is 27.5 Å². The van der Waals surface area contributed by atoms with Crippen LogP contribution in [-0.2, 0) is 0 Å². The lowest BCUT2D eigenvalue weighted by molar-refractivity contribution is 1.45. The van der Waals surface area contributed by atoms with Crippen molar-refractivity contribution in [2.75, 3.05) is 11.1 Å². The van der Waals surface area contributed by atoms with E-state index < -0.39 is 0 Å². The quantitative estimate of drug-likeness (QED) is 0.786. The number of anilines is 3. The van der Waals surface area contributed by atoms with E-state index in [1.165, 1.54) is 0 Å². The molecule has 0 saturated heterocycles. The van der Waals surface area contributed by atoms with Gasteiger partial charge in [-0.2, -0.15) is 0 Å². The monoisotopic (exact) mass is 310 g/mol. The molecule has 0 aliphatic rings. The van der Waals surface area contributed by atoms with Crippen molar-refractivity contribution in [1.82, 2.24) is 0 Å². The Morgan fingerprint density at radius 3 is 2.59 bits per heavy atom. The van der Waals surface area contributed by atoms with Gasteiger partial charge >= 0.3 is 0 Å². The van der Waals surface area contributed by atoms with E-state index in [1.807, 2.05) is 43.3 Å². The number of rotatable bonds is 2. The number of nitrogens with two attached hydrogens (primary N) is 1. The molecule has 88 valence electrons. The first-order valence-electron chi connectivity index (χ1n) is 5.14. The van der Waals surface area contributed by atoms with E-state index in [-0.39, 0.29) is 0 Å². The molecule has 0 atom stereocenters. The summed E-state index contributed by atoms with van der Waals surface area (Å²) in [5, 5.41) is 3.90. The highest BCUT2D eigenvalue weighted by molar-refractivity contribution is 9.10. The summed E-state index contributed by atoms with van der Waals surface area (Å²) in [4.78, 5) is 0. The van der Waals surface area contributed by atoms with Gasteiger partial charge in [0.05, 0.1) is 16.4 Å². The topological polar surface area (TPSA) is 38.0 Å². The van der Waals surface area contributed by atoms with Gasteiger partial charge in [-0.1, -0.05) is 17.7 Å². The van der Waals surface area contributed by atoms with E-state index >= 15 is 0 Å². The van der Waals surface area contributed by atoms with Gasteiger partial charge < -0.3 is 11.1 Å². The first-order chi connectivity index (χ1) is 8.06. The summed E-state index contributed by atoms with van der Waals surface area (Å²) in [6, 6.07) is 11.6. The maximum Gasteiger partial charge on any atom is 0.0618 e. The minimum Gasteiger partial charge on any atom is -0.397 e. The fourth-order valence-electron chi connectivity index (χ4n) is 1.53. The van der Waals surface area contributed by atoms with E-state index in [0.717, 1.165) is 27.1 Å². The van der Waals surface area contributed by atoms with Crippen LogP contribution in [0.4, 0.5) is 17.1 Å². The minimum absolute atomic E-state index is 0.667. The Balaban J connectivity index is 2.28. The third-order valence-corrected chi connectivity index (χ3v) is 3.64. The van der Waals surface area contributed by atoms with Gasteiger partial charge in [0.15, 0.2) is 0 Å². The summed E-state index contributed by atoms with van der Waals surface area (Å²) in [5.74, 6) is 0. The van der Waals surface area contributed by atoms with E-state index in [0.29, 0.717) is 5.02 Å². The number of hydrogen-bond acceptors (Lipinski definition) is 2. The zero-order chi connectivity index (χ0) is 12.4. The maximum atomic E-state index is 6.03. The third-order valence-electron chi connectivity index (χ3n) is 2.41. The van der Waals surface area contributed by atoms with Crippen molar-refractivity contribution in [3.63, 3.8) is 0 Å². The fourth-order valence-corrected chi connectivity index (χ4v) is 1.95. The summed E-state index contributed by atoms with van der Waals surface area (Å²) in [5.41, 5.74) is 9.59. The van der Waals surface area contributed by atoms with Crippen LogP contribution in [-0.4, -0.2) is 0 Å². The first kappa shape index (κ1) is 12.3. The molecule has 0 radical (unpaired) electrons. The summed E-state index contributed by atoms with van der Waals surface area (Å²) < 4.78 is 0.876. The number of nitrogen functional groups attached to an aromatic ring is 1. The standard InChI is InChI=1S/C13H12BrClN2/c1-8-2-5-13(12(16)6-8)17-9-3-4-10(14)11(15)7-9/h2-7,17H,16H2,1H3. The SMILES string of the molecule is Cc1ccc(Nc2ccc(Br)c(Cl)c2)c(N)c1. The Morgan fingerprint density at radius 1 is 1.18 bits per heavy atom. The Labute approximate surface area is 114 Å². The van der Waals surface area contributed by atoms with Crippen LogP contribution in [0.3, 0.4) is 0 Å². The van der Waals surface area contributed by atoms with Crippen LogP contribution in [0.1, 0.15) is 5.56 Å². The highest BCUT2D eigenvalue weighted by Gasteiger charge is 2.02. The predicted molar refractivity (Wildman–Crippen MR) is 78.0 cm³/mol. The molecular weight excluding hydrogens is 300 g/mol. The average molecular weight is 312 g/mol. The Hall–Kier alpha value is -1.19. The van der Waals surface area contributed by atoms with Crippen molar-refractivity contribution in [1.29, 1.82) is 0 Å². The van der Waals surface area contributed by atoms with E-state index in [9.17, 15) is 0 Å². The number of nitrogens with one attached hydrogen (secondary N) is 1. The molecule has 0 saturated carbocycles. The Morgan fingerprint density at radius 2 is 1.94 bits per heavy atom. The summed E-state index contributed by atoms with van der Waals surface area (Å²) >= 11 is 9.38. The predicted octanol–water partition coefficient (Wildman–Crippen LogP) is 4.74. The van der Waals surface area contributed by atoms with Crippen molar-refractivity contribution in [3.05, 3.63) is 51.5 Å². The van der Waals surface area contributed by atoms with Crippen molar-refractivity contribution < 1.29 is 0 Å². The van der Waals surface area contributed by atoms with Gasteiger partial charge in [-0.25, -0.2) is 0 Å². The lowest BCUT2D eigenvalue weighted by Gasteiger charge is -2.10. The summed E-state index contributed by atoms with van der Waals surface area (Å²) in [6.07, 6.45) is 0. The maximum absolute atomic E-state index is 6.03. The second kappa shape index (κ2) is 4.98. The van der Waals surface area contributed by atoms with Crippen molar-refractivity contribution >= 4 is 44.6 Å². The van der Waals surface area contributed by atoms with E-state index in [1.54, 1.807) is 0 Å². The number of aryl methyl sites for hydroxylation is 1. The van der Waals surface area contributed by atoms with Crippen LogP contribution in [0.15, 0.2) is 40.9 Å². The molecule has 0 bridgehead atoms. The molecule has 0 aliphatic heterocycles. The molecule has 3 N–H and O–H groups in total. The molecule has 0 spiro atoms. The van der Waals surface area contributed by atoms with Gasteiger partial charge in [0.25, 0.3) is 0 Å². The van der Waals surface area contributed by atoms with Gasteiger partial charge in [0, 0.05) is 10.2 Å². The molecule has 2 aromatic carbocycles. The van der Waals surface area contributed by atoms with Crippen LogP contribution < -0.4 is 11.1 Å². The van der Waals surface area contributed by atoms with Gasteiger partial charge in [-0.3, -0.25) is 0 Å². The molecule has 0 aromatic heterocycles. The van der Waals surface area contributed by atoms with Crippen LogP contribution in [0.5, 0.6) is 0 Å². The molecule has 2 aromatic rings. The Kier molecular flexibility index (Phi) is 3.60. The average Bonchev–Trinajstić information content (AvgIpc) is 2.27. The zero-order valence-corrected chi connectivity index (χ0v) is 11.6. The van der Waals surface area contributed by atoms with Crippen molar-refractivity contribution in [3.8, 4) is 0 Å². The molecule has 0 fully saturated rings. The molecular formula is C13H12BrClN2. The molecule has 0 heterocycles. The summed E-state index contributed by atoms with van der Waals surface area (Å²) in [6.45, 7) is 2.01. The largest absolute Gasteiger partial charge is 0.397 e. The molecule has 0 aliphatic carbocycles. The molecule has 2 rings (SSSR count). The number of hydrogen-bond donors (Lipinski definition) is 2. The second-order valence-electron chi connectivity index (χ2n) is 3.84. The Bertz CT molecular complexity index is 555. The number of halogens is 2. The van der Waals surface area contributed by atoms with Crippen molar-refractivity contribution in [2.24, 2.45) is 0 Å². The molecule has 0 amide bonds. The van der Waals surface area contributed by atoms with Gasteiger partial charge in [0.1, 0.15) is 0 Å². The third kappa shape index (κ3) is 2.93. The molecule has 17 heavy (non-hydrogen) atoms. The normalized spacial score (nSPS) is 10.3. The highest BCUT2D eigenvalue weighted by atomic mass is 79.9. The van der Waals surface area contributed by atoms with E-state index in [2.05, 4.69) is 21.2 Å². The van der Waals surface area contributed by atoms with Gasteiger partial charge in [-0.15, -0.1) is 0 Å². The smallest absolute Gasteiger partial charge is 0.0618 e.